The van der Waals surface area contributed by atoms with Gasteiger partial charge in [-0.25, -0.2) is 9.69 Å². The zero-order valence-electron chi connectivity index (χ0n) is 22.1. The number of fused-ring (bicyclic) bond motifs is 1. The van der Waals surface area contributed by atoms with E-state index < -0.39 is 23.3 Å². The lowest BCUT2D eigenvalue weighted by molar-refractivity contribution is 0.0458. The maximum atomic E-state index is 13.0. The number of nitrogens with zero attached hydrogens (tertiary/aromatic N) is 4. The number of nitrogens with one attached hydrogen (secondary N) is 2. The third kappa shape index (κ3) is 4.36. The highest BCUT2D eigenvalue weighted by Crippen LogP contribution is 2.40. The van der Waals surface area contributed by atoms with Crippen molar-refractivity contribution in [1.29, 1.82) is 0 Å². The quantitative estimate of drug-likeness (QED) is 0.486. The van der Waals surface area contributed by atoms with E-state index in [-0.39, 0.29) is 17.5 Å². The van der Waals surface area contributed by atoms with E-state index >= 15 is 0 Å². The maximum absolute atomic E-state index is 13.0. The van der Waals surface area contributed by atoms with Crippen molar-refractivity contribution in [1.82, 2.24) is 19.9 Å². The summed E-state index contributed by atoms with van der Waals surface area (Å²) in [6.45, 7) is 13.2. The molecule has 1 aliphatic heterocycles. The first-order chi connectivity index (χ1) is 16.9. The summed E-state index contributed by atoms with van der Waals surface area (Å²) in [5.41, 5.74) is 0.702. The number of benzene rings is 1. The number of rotatable bonds is 7. The van der Waals surface area contributed by atoms with E-state index in [0.29, 0.717) is 16.9 Å². The molecule has 1 saturated heterocycles. The molecule has 0 unspecified atom stereocenters. The maximum Gasteiger partial charge on any atom is 0.417 e. The Balaban J connectivity index is 1.68. The number of carbonyl (C=O) groups is 1. The predicted molar refractivity (Wildman–Crippen MR) is 139 cm³/mol. The van der Waals surface area contributed by atoms with Gasteiger partial charge in [-0.15, -0.1) is 0 Å². The van der Waals surface area contributed by atoms with E-state index in [1.807, 2.05) is 46.8 Å². The molecule has 1 fully saturated rings. The summed E-state index contributed by atoms with van der Waals surface area (Å²) >= 11 is 0. The number of hydrogen-bond donors (Lipinski definition) is 2. The normalized spacial score (nSPS) is 17.2. The zero-order chi connectivity index (χ0) is 26.4. The molecule has 0 saturated carbocycles. The second kappa shape index (κ2) is 9.07. The third-order valence-electron chi connectivity index (χ3n) is 7.10. The fourth-order valence-electron chi connectivity index (χ4n) is 4.40. The van der Waals surface area contributed by atoms with Crippen molar-refractivity contribution < 1.29 is 14.3 Å². The minimum Gasteiger partial charge on any atom is -0.496 e. The molecular formula is C26H34N6O4. The largest absolute Gasteiger partial charge is 0.496 e. The van der Waals surface area contributed by atoms with Crippen molar-refractivity contribution in [2.75, 3.05) is 17.3 Å². The van der Waals surface area contributed by atoms with E-state index in [2.05, 4.69) is 38.2 Å². The van der Waals surface area contributed by atoms with E-state index in [9.17, 15) is 9.59 Å². The summed E-state index contributed by atoms with van der Waals surface area (Å²) in [6.07, 6.45) is 1.34. The minimum absolute atomic E-state index is 0.196. The highest BCUT2D eigenvalue weighted by molar-refractivity contribution is 5.90. The molecule has 36 heavy (non-hydrogen) atoms. The Morgan fingerprint density at radius 3 is 2.47 bits per heavy atom. The molecule has 0 aliphatic carbocycles. The van der Waals surface area contributed by atoms with E-state index in [0.717, 1.165) is 29.5 Å². The van der Waals surface area contributed by atoms with Crippen LogP contribution < -0.4 is 20.5 Å². The molecule has 4 rings (SSSR count). The molecule has 1 aromatic carbocycles. The van der Waals surface area contributed by atoms with Crippen molar-refractivity contribution in [3.63, 3.8) is 0 Å². The molecule has 1 aliphatic rings. The Morgan fingerprint density at radius 2 is 1.86 bits per heavy atom. The molecule has 10 heteroatoms. The van der Waals surface area contributed by atoms with Gasteiger partial charge in [0, 0.05) is 11.6 Å². The summed E-state index contributed by atoms with van der Waals surface area (Å²) < 4.78 is 11.1. The number of H-pyrrole nitrogens is 1. The molecule has 0 spiro atoms. The van der Waals surface area contributed by atoms with Crippen molar-refractivity contribution in [2.24, 2.45) is 0 Å². The summed E-state index contributed by atoms with van der Waals surface area (Å²) in [6, 6.07) is 5.38. The first kappa shape index (κ1) is 25.4. The number of aryl methyl sites for hydroxylation is 2. The lowest BCUT2D eigenvalue weighted by Crippen LogP contribution is -2.52. The average Bonchev–Trinajstić information content (AvgIpc) is 2.94. The topological polar surface area (TPSA) is 122 Å². The Labute approximate surface area is 210 Å². The minimum atomic E-state index is -0.733. The van der Waals surface area contributed by atoms with Gasteiger partial charge in [-0.2, -0.15) is 15.0 Å². The van der Waals surface area contributed by atoms with E-state index in [1.165, 1.54) is 4.90 Å². The van der Waals surface area contributed by atoms with Gasteiger partial charge in [-0.05, 0) is 71.0 Å². The molecule has 3 aromatic rings. The first-order valence-corrected chi connectivity index (χ1v) is 12.1. The van der Waals surface area contributed by atoms with Crippen LogP contribution in [-0.2, 0) is 11.2 Å². The van der Waals surface area contributed by atoms with Gasteiger partial charge in [0.25, 0.3) is 5.56 Å². The average molecular weight is 495 g/mol. The molecular weight excluding hydrogens is 460 g/mol. The number of methoxy groups -OCH3 is 1. The second-order valence-electron chi connectivity index (χ2n) is 10.2. The summed E-state index contributed by atoms with van der Waals surface area (Å²) in [5, 5.41) is 4.12. The third-order valence-corrected chi connectivity index (χ3v) is 7.10. The number of ether oxygens (including phenoxy) is 2. The van der Waals surface area contributed by atoms with Crippen LogP contribution in [0.25, 0.3) is 10.9 Å². The molecule has 1 amide bonds. The van der Waals surface area contributed by atoms with Gasteiger partial charge in [0.15, 0.2) is 0 Å². The number of anilines is 2. The number of amides is 1. The van der Waals surface area contributed by atoms with Crippen LogP contribution in [-0.4, -0.2) is 44.3 Å². The lowest BCUT2D eigenvalue weighted by Gasteiger charge is -2.35. The van der Waals surface area contributed by atoms with Crippen LogP contribution >= 0.6 is 0 Å². The Kier molecular flexibility index (Phi) is 6.40. The molecule has 1 atom stereocenters. The fourth-order valence-corrected chi connectivity index (χ4v) is 4.40. The summed E-state index contributed by atoms with van der Waals surface area (Å²) in [7, 11) is 1.63. The van der Waals surface area contributed by atoms with Gasteiger partial charge in [0.2, 0.25) is 11.9 Å². The molecule has 3 heterocycles. The Morgan fingerprint density at radius 1 is 1.14 bits per heavy atom. The van der Waals surface area contributed by atoms with Gasteiger partial charge < -0.3 is 19.8 Å². The van der Waals surface area contributed by atoms with Gasteiger partial charge >= 0.3 is 6.09 Å². The highest BCUT2D eigenvalue weighted by Gasteiger charge is 2.56. The predicted octanol–water partition coefficient (Wildman–Crippen LogP) is 4.67. The van der Waals surface area contributed by atoms with Crippen LogP contribution in [0.3, 0.4) is 0 Å². The number of aromatic amines is 1. The van der Waals surface area contributed by atoms with Gasteiger partial charge in [0.05, 0.1) is 24.2 Å². The van der Waals surface area contributed by atoms with Crippen LogP contribution in [0, 0.1) is 6.92 Å². The molecule has 192 valence electrons. The number of carbonyl (C=O) groups excluding carboxylic acids is 1. The Bertz CT molecular complexity index is 1380. The van der Waals surface area contributed by atoms with Crippen LogP contribution in [0.1, 0.15) is 71.0 Å². The van der Waals surface area contributed by atoms with Crippen molar-refractivity contribution in [3.05, 3.63) is 45.5 Å². The first-order valence-electron chi connectivity index (χ1n) is 12.1. The number of aromatic nitrogens is 4. The van der Waals surface area contributed by atoms with Crippen LogP contribution in [0.15, 0.2) is 23.0 Å². The van der Waals surface area contributed by atoms with E-state index in [4.69, 9.17) is 9.47 Å². The second-order valence-corrected chi connectivity index (χ2v) is 10.2. The summed E-state index contributed by atoms with van der Waals surface area (Å²) in [5.74, 6) is 1.66. The van der Waals surface area contributed by atoms with Gasteiger partial charge in [-0.3, -0.25) is 4.79 Å². The number of hydrogen-bond acceptors (Lipinski definition) is 8. The van der Waals surface area contributed by atoms with E-state index in [1.54, 1.807) is 14.0 Å². The van der Waals surface area contributed by atoms with Crippen molar-refractivity contribution in [3.8, 4) is 5.75 Å². The molecule has 10 nitrogen and oxygen atoms in total. The van der Waals surface area contributed by atoms with Crippen LogP contribution in [0.2, 0.25) is 0 Å². The van der Waals surface area contributed by atoms with Crippen LogP contribution in [0.5, 0.6) is 5.75 Å². The SMILES string of the molecule is CCCc1cc2cc([C@H](C)Nc3nc(C)nc(N4C(=O)OC(C)(C)C4(C)C)n3)c(=O)[nH]c2cc1OC. The standard InChI is InChI=1S/C26H34N6O4/c1-9-10-16-11-17-12-18(21(33)30-19(17)13-20(16)35-8)14(2)27-22-28-15(3)29-23(31-22)32-24(34)36-26(6,7)25(32,4)5/h11-14H,9-10H2,1-8H3,(H,30,33)(H,27,28,29,31)/t14-/m0/s1. The number of cyclic esters (lactones) is 1. The smallest absolute Gasteiger partial charge is 0.417 e. The zero-order valence-corrected chi connectivity index (χ0v) is 22.1. The van der Waals surface area contributed by atoms with Crippen LogP contribution in [0.4, 0.5) is 16.7 Å². The molecule has 0 radical (unpaired) electrons. The molecule has 0 bridgehead atoms. The monoisotopic (exact) mass is 494 g/mol. The van der Waals surface area contributed by atoms with Crippen molar-refractivity contribution >= 4 is 28.9 Å². The van der Waals surface area contributed by atoms with Gasteiger partial charge in [-0.1, -0.05) is 13.3 Å². The number of pyridine rings is 1. The summed E-state index contributed by atoms with van der Waals surface area (Å²) in [4.78, 5) is 43.4. The van der Waals surface area contributed by atoms with Crippen molar-refractivity contribution in [2.45, 2.75) is 78.5 Å². The van der Waals surface area contributed by atoms with Gasteiger partial charge in [0.1, 0.15) is 17.2 Å². The fraction of sp³-hybridized carbons (Fsp3) is 0.500. The molecule has 2 aromatic heterocycles. The Hall–Kier alpha value is -3.69. The lowest BCUT2D eigenvalue weighted by atomic mass is 9.86. The highest BCUT2D eigenvalue weighted by atomic mass is 16.6. The molecule has 2 N–H and O–H groups in total.